The van der Waals surface area contributed by atoms with Crippen LogP contribution in [0.3, 0.4) is 0 Å². The first-order chi connectivity index (χ1) is 6.18. The Balaban J connectivity index is 2.26. The molecule has 2 rings (SSSR count). The van der Waals surface area contributed by atoms with E-state index in [9.17, 15) is 0 Å². The highest BCUT2D eigenvalue weighted by atomic mass is 35.5. The smallest absolute Gasteiger partial charge is 0.0455 e. The van der Waals surface area contributed by atoms with Gasteiger partial charge in [0.25, 0.3) is 0 Å². The minimum atomic E-state index is 0.332. The molecule has 13 heavy (non-hydrogen) atoms. The van der Waals surface area contributed by atoms with Gasteiger partial charge in [-0.25, -0.2) is 0 Å². The third-order valence-electron chi connectivity index (χ3n) is 2.49. The third-order valence-corrected chi connectivity index (χ3v) is 2.90. The van der Waals surface area contributed by atoms with Crippen molar-refractivity contribution in [1.82, 2.24) is 0 Å². The molecule has 3 heteroatoms. The lowest BCUT2D eigenvalue weighted by Crippen LogP contribution is -2.56. The van der Waals surface area contributed by atoms with Gasteiger partial charge in [-0.3, -0.25) is 0 Å². The molecule has 2 N–H and O–H groups in total. The van der Waals surface area contributed by atoms with Gasteiger partial charge in [-0.05, 0) is 24.6 Å². The van der Waals surface area contributed by atoms with Crippen LogP contribution in [0.1, 0.15) is 5.56 Å². The Morgan fingerprint density at radius 1 is 1.46 bits per heavy atom. The third kappa shape index (κ3) is 1.52. The molecule has 0 amide bonds. The summed E-state index contributed by atoms with van der Waals surface area (Å²) in [6.07, 6.45) is 0. The van der Waals surface area contributed by atoms with Crippen LogP contribution < -0.4 is 10.6 Å². The minimum absolute atomic E-state index is 0.332. The van der Waals surface area contributed by atoms with E-state index >= 15 is 0 Å². The number of nitrogens with two attached hydrogens (primary N) is 1. The van der Waals surface area contributed by atoms with E-state index in [1.54, 1.807) is 0 Å². The molecule has 0 saturated carbocycles. The van der Waals surface area contributed by atoms with Crippen LogP contribution in [0.25, 0.3) is 0 Å². The Morgan fingerprint density at radius 2 is 2.15 bits per heavy atom. The molecular formula is C10H13ClN2. The maximum absolute atomic E-state index is 6.02. The standard InChI is InChI=1S/C10H13ClN2/c1-7-9(11)3-2-4-10(7)13-5-8(12)6-13/h2-4,8H,5-6,12H2,1H3. The second-order valence-electron chi connectivity index (χ2n) is 3.55. The summed E-state index contributed by atoms with van der Waals surface area (Å²) in [7, 11) is 0. The number of anilines is 1. The second kappa shape index (κ2) is 3.20. The number of benzene rings is 1. The largest absolute Gasteiger partial charge is 0.368 e. The number of hydrogen-bond donors (Lipinski definition) is 1. The highest BCUT2D eigenvalue weighted by Crippen LogP contribution is 2.28. The van der Waals surface area contributed by atoms with Crippen LogP contribution >= 0.6 is 11.6 Å². The van der Waals surface area contributed by atoms with Gasteiger partial charge in [-0.2, -0.15) is 0 Å². The van der Waals surface area contributed by atoms with E-state index in [-0.39, 0.29) is 0 Å². The van der Waals surface area contributed by atoms with Crippen molar-refractivity contribution in [1.29, 1.82) is 0 Å². The molecule has 0 atom stereocenters. The molecule has 2 nitrogen and oxygen atoms in total. The Morgan fingerprint density at radius 3 is 2.77 bits per heavy atom. The van der Waals surface area contributed by atoms with E-state index in [2.05, 4.69) is 11.0 Å². The van der Waals surface area contributed by atoms with E-state index in [0.717, 1.165) is 23.7 Å². The van der Waals surface area contributed by atoms with Crippen LogP contribution in [0, 0.1) is 6.92 Å². The Bertz CT molecular complexity index is 319. The normalized spacial score (nSPS) is 17.3. The summed E-state index contributed by atoms with van der Waals surface area (Å²) in [5.41, 5.74) is 8.09. The molecule has 1 fully saturated rings. The van der Waals surface area contributed by atoms with Crippen LogP contribution in [0.15, 0.2) is 18.2 Å². The van der Waals surface area contributed by atoms with Gasteiger partial charge in [0.1, 0.15) is 0 Å². The molecule has 0 unspecified atom stereocenters. The maximum atomic E-state index is 6.02. The van der Waals surface area contributed by atoms with Crippen molar-refractivity contribution >= 4 is 17.3 Å². The molecule has 0 aliphatic carbocycles. The maximum Gasteiger partial charge on any atom is 0.0455 e. The van der Waals surface area contributed by atoms with Crippen molar-refractivity contribution in [2.24, 2.45) is 5.73 Å². The van der Waals surface area contributed by atoms with E-state index in [4.69, 9.17) is 17.3 Å². The van der Waals surface area contributed by atoms with Gasteiger partial charge >= 0.3 is 0 Å². The number of halogens is 1. The molecule has 0 bridgehead atoms. The summed E-state index contributed by atoms with van der Waals surface area (Å²) in [5, 5.41) is 0.831. The Hall–Kier alpha value is -0.730. The first kappa shape index (κ1) is 8.85. The highest BCUT2D eigenvalue weighted by molar-refractivity contribution is 6.31. The molecule has 0 spiro atoms. The Labute approximate surface area is 83.3 Å². The van der Waals surface area contributed by atoms with E-state index in [1.807, 2.05) is 19.1 Å². The predicted octanol–water partition coefficient (Wildman–Crippen LogP) is 1.80. The van der Waals surface area contributed by atoms with Crippen molar-refractivity contribution in [3.8, 4) is 0 Å². The van der Waals surface area contributed by atoms with Crippen molar-refractivity contribution in [2.75, 3.05) is 18.0 Å². The number of rotatable bonds is 1. The molecule has 1 aromatic carbocycles. The van der Waals surface area contributed by atoms with Crippen LogP contribution in [-0.2, 0) is 0 Å². The van der Waals surface area contributed by atoms with Gasteiger partial charge in [-0.1, -0.05) is 17.7 Å². The summed E-state index contributed by atoms with van der Waals surface area (Å²) in [4.78, 5) is 2.26. The lowest BCUT2D eigenvalue weighted by molar-refractivity contribution is 0.518. The zero-order chi connectivity index (χ0) is 9.42. The lowest BCUT2D eigenvalue weighted by Gasteiger charge is -2.39. The van der Waals surface area contributed by atoms with E-state index < -0.39 is 0 Å². The summed E-state index contributed by atoms with van der Waals surface area (Å²) in [5.74, 6) is 0. The van der Waals surface area contributed by atoms with Crippen LogP contribution in [0.4, 0.5) is 5.69 Å². The topological polar surface area (TPSA) is 29.3 Å². The fraction of sp³-hybridized carbons (Fsp3) is 0.400. The van der Waals surface area contributed by atoms with Gasteiger partial charge in [0.2, 0.25) is 0 Å². The fourth-order valence-corrected chi connectivity index (χ4v) is 1.82. The van der Waals surface area contributed by atoms with E-state index in [1.165, 1.54) is 5.69 Å². The Kier molecular flexibility index (Phi) is 2.18. The predicted molar refractivity (Wildman–Crippen MR) is 56.4 cm³/mol. The van der Waals surface area contributed by atoms with Gasteiger partial charge in [0.05, 0.1) is 0 Å². The SMILES string of the molecule is Cc1c(Cl)cccc1N1CC(N)C1. The zero-order valence-electron chi connectivity index (χ0n) is 7.63. The summed E-state index contributed by atoms with van der Waals surface area (Å²) >= 11 is 6.02. The van der Waals surface area contributed by atoms with Crippen LogP contribution in [0.5, 0.6) is 0 Å². The van der Waals surface area contributed by atoms with Gasteiger partial charge in [0, 0.05) is 29.8 Å². The first-order valence-corrected chi connectivity index (χ1v) is 4.82. The summed E-state index contributed by atoms with van der Waals surface area (Å²) < 4.78 is 0. The molecular weight excluding hydrogens is 184 g/mol. The van der Waals surface area contributed by atoms with Crippen LogP contribution in [0.2, 0.25) is 5.02 Å². The summed E-state index contributed by atoms with van der Waals surface area (Å²) in [6.45, 7) is 3.93. The van der Waals surface area contributed by atoms with E-state index in [0.29, 0.717) is 6.04 Å². The van der Waals surface area contributed by atoms with Crippen molar-refractivity contribution in [2.45, 2.75) is 13.0 Å². The highest BCUT2D eigenvalue weighted by Gasteiger charge is 2.24. The average Bonchev–Trinajstić information content (AvgIpc) is 2.05. The van der Waals surface area contributed by atoms with Gasteiger partial charge < -0.3 is 10.6 Å². The number of hydrogen-bond acceptors (Lipinski definition) is 2. The molecule has 1 saturated heterocycles. The van der Waals surface area contributed by atoms with Crippen molar-refractivity contribution < 1.29 is 0 Å². The molecule has 70 valence electrons. The lowest BCUT2D eigenvalue weighted by atomic mass is 10.1. The molecule has 1 aliphatic heterocycles. The van der Waals surface area contributed by atoms with Crippen LogP contribution in [-0.4, -0.2) is 19.1 Å². The van der Waals surface area contributed by atoms with Gasteiger partial charge in [0.15, 0.2) is 0 Å². The van der Waals surface area contributed by atoms with Crippen molar-refractivity contribution in [3.05, 3.63) is 28.8 Å². The minimum Gasteiger partial charge on any atom is -0.368 e. The molecule has 1 aromatic rings. The fourth-order valence-electron chi connectivity index (χ4n) is 1.65. The average molecular weight is 197 g/mol. The summed E-state index contributed by atoms with van der Waals surface area (Å²) in [6, 6.07) is 6.32. The first-order valence-electron chi connectivity index (χ1n) is 4.44. The zero-order valence-corrected chi connectivity index (χ0v) is 8.38. The van der Waals surface area contributed by atoms with Crippen molar-refractivity contribution in [3.63, 3.8) is 0 Å². The monoisotopic (exact) mass is 196 g/mol. The molecule has 1 heterocycles. The second-order valence-corrected chi connectivity index (χ2v) is 3.96. The molecule has 1 aliphatic rings. The van der Waals surface area contributed by atoms with Gasteiger partial charge in [-0.15, -0.1) is 0 Å². The molecule has 0 radical (unpaired) electrons. The molecule has 0 aromatic heterocycles. The number of nitrogens with zero attached hydrogens (tertiary/aromatic N) is 1. The quantitative estimate of drug-likeness (QED) is 0.742.